The molecule has 1 fully saturated rings. The van der Waals surface area contributed by atoms with Crippen molar-refractivity contribution in [3.63, 3.8) is 0 Å². The molecule has 0 aromatic heterocycles. The number of hydrogen-bond acceptors (Lipinski definition) is 6. The van der Waals surface area contributed by atoms with Gasteiger partial charge in [-0.2, -0.15) is 0 Å². The number of ketones is 2. The van der Waals surface area contributed by atoms with Crippen LogP contribution in [0.5, 0.6) is 0 Å². The quantitative estimate of drug-likeness (QED) is 0.468. The summed E-state index contributed by atoms with van der Waals surface area (Å²) in [4.78, 5) is 24.9. The van der Waals surface area contributed by atoms with Crippen molar-refractivity contribution in [3.05, 3.63) is 36.0 Å². The van der Waals surface area contributed by atoms with Gasteiger partial charge in [-0.25, -0.2) is 0 Å². The third-order valence-electron chi connectivity index (χ3n) is 5.33. The fourth-order valence-electron chi connectivity index (χ4n) is 3.86. The van der Waals surface area contributed by atoms with Crippen molar-refractivity contribution in [2.24, 2.45) is 17.8 Å². The van der Waals surface area contributed by atoms with Gasteiger partial charge in [0.15, 0.2) is 11.4 Å². The maximum atomic E-state index is 12.7. The third-order valence-corrected chi connectivity index (χ3v) is 5.33. The Kier molecular flexibility index (Phi) is 3.50. The van der Waals surface area contributed by atoms with Gasteiger partial charge in [-0.1, -0.05) is 31.2 Å². The van der Waals surface area contributed by atoms with Gasteiger partial charge in [0.2, 0.25) is 0 Å². The zero-order valence-corrected chi connectivity index (χ0v) is 12.9. The lowest BCUT2D eigenvalue weighted by molar-refractivity contribution is -0.209. The van der Waals surface area contributed by atoms with E-state index in [1.165, 1.54) is 6.08 Å². The number of Topliss-reactive ketones (excluding diaryl/α,β-unsaturated/α-hetero) is 1. The van der Waals surface area contributed by atoms with E-state index in [9.17, 15) is 30.0 Å². The van der Waals surface area contributed by atoms with Crippen LogP contribution in [0.15, 0.2) is 36.0 Å². The third kappa shape index (κ3) is 1.96. The summed E-state index contributed by atoms with van der Waals surface area (Å²) in [6.45, 7) is 2.85. The lowest BCUT2D eigenvalue weighted by Crippen LogP contribution is -2.72. The first-order valence-electron chi connectivity index (χ1n) is 7.59. The van der Waals surface area contributed by atoms with E-state index in [4.69, 9.17) is 0 Å². The molecule has 7 atom stereocenters. The highest BCUT2D eigenvalue weighted by Gasteiger charge is 2.65. The minimum atomic E-state index is -2.26. The van der Waals surface area contributed by atoms with Gasteiger partial charge >= 0.3 is 0 Å². The molecule has 6 nitrogen and oxygen atoms in total. The van der Waals surface area contributed by atoms with Crippen molar-refractivity contribution >= 4 is 11.6 Å². The van der Waals surface area contributed by atoms with E-state index in [0.29, 0.717) is 0 Å². The van der Waals surface area contributed by atoms with Gasteiger partial charge in [0.05, 0.1) is 5.92 Å². The smallest absolute Gasteiger partial charge is 0.189 e. The number of fused-ring (bicyclic) bond motifs is 4. The number of carbonyl (C=O) groups excluding carboxylic acids is 2. The molecule has 0 amide bonds. The molecule has 1 saturated carbocycles. The van der Waals surface area contributed by atoms with E-state index >= 15 is 0 Å². The summed E-state index contributed by atoms with van der Waals surface area (Å²) >= 11 is 0. The molecule has 6 heteroatoms. The molecule has 0 aromatic rings. The standard InChI is InChI=1S/C17H20O6/c1-8-5-3-4-6-9-13(19)12(8)10-7-11(18)16(2,22)15(21)17(10,23)14(9)20/h3-9,12,14-15,20-23H,1-2H3/b5-3-,6-4-/t8-,9-,12-,14+,15+,16+,17+/m0/s1. The van der Waals surface area contributed by atoms with Crippen LogP contribution in [0.25, 0.3) is 0 Å². The monoisotopic (exact) mass is 320 g/mol. The molecular formula is C17H20O6. The highest BCUT2D eigenvalue weighted by Crippen LogP contribution is 2.49. The maximum absolute atomic E-state index is 12.7. The summed E-state index contributed by atoms with van der Waals surface area (Å²) in [7, 11) is 0. The van der Waals surface area contributed by atoms with Gasteiger partial charge in [0.25, 0.3) is 0 Å². The van der Waals surface area contributed by atoms with Crippen molar-refractivity contribution < 1.29 is 30.0 Å². The SMILES string of the molecule is C[C@H]1/C=C\C=C/[C@H]2C(=O)[C@@H]1C1=CC(=O)[C@@](C)(O)[C@@H](O)[C@]1(O)[C@@H]2O. The molecule has 2 bridgehead atoms. The molecule has 0 unspecified atom stereocenters. The normalized spacial score (nSPS) is 52.1. The summed E-state index contributed by atoms with van der Waals surface area (Å²) in [5.41, 5.74) is -4.52. The zero-order valence-electron chi connectivity index (χ0n) is 12.9. The molecular weight excluding hydrogens is 300 g/mol. The minimum absolute atomic E-state index is 0.0253. The number of aliphatic hydroxyl groups excluding tert-OH is 2. The first-order valence-corrected chi connectivity index (χ1v) is 7.59. The van der Waals surface area contributed by atoms with Gasteiger partial charge in [0, 0.05) is 5.92 Å². The fourth-order valence-corrected chi connectivity index (χ4v) is 3.86. The predicted octanol–water partition coefficient (Wildman–Crippen LogP) is -0.723. The first-order chi connectivity index (χ1) is 10.6. The summed E-state index contributed by atoms with van der Waals surface area (Å²) in [6.07, 6.45) is 4.00. The Balaban J connectivity index is 2.27. The Bertz CT molecular complexity index is 658. The largest absolute Gasteiger partial charge is 0.389 e. The second-order valence-corrected chi connectivity index (χ2v) is 6.82. The molecule has 0 radical (unpaired) electrons. The molecule has 23 heavy (non-hydrogen) atoms. The Morgan fingerprint density at radius 2 is 1.70 bits per heavy atom. The number of allylic oxidation sites excluding steroid dienone is 3. The second-order valence-electron chi connectivity index (χ2n) is 6.82. The molecule has 3 rings (SSSR count). The number of hydrogen-bond donors (Lipinski definition) is 4. The Labute approximate surface area is 133 Å². The zero-order chi connectivity index (χ0) is 17.2. The molecule has 124 valence electrons. The van der Waals surface area contributed by atoms with Crippen molar-refractivity contribution in [1.29, 1.82) is 0 Å². The first kappa shape index (κ1) is 16.3. The average molecular weight is 320 g/mol. The van der Waals surface area contributed by atoms with E-state index < -0.39 is 41.0 Å². The maximum Gasteiger partial charge on any atom is 0.189 e. The lowest BCUT2D eigenvalue weighted by atomic mass is 9.56. The molecule has 0 aliphatic heterocycles. The van der Waals surface area contributed by atoms with Crippen molar-refractivity contribution in [2.75, 3.05) is 0 Å². The molecule has 3 aliphatic carbocycles. The van der Waals surface area contributed by atoms with E-state index in [2.05, 4.69) is 0 Å². The van der Waals surface area contributed by atoms with Crippen LogP contribution in [-0.4, -0.2) is 55.4 Å². The van der Waals surface area contributed by atoms with Crippen LogP contribution in [0.3, 0.4) is 0 Å². The molecule has 0 saturated heterocycles. The average Bonchev–Trinajstić information content (AvgIpc) is 2.48. The van der Waals surface area contributed by atoms with Crippen LogP contribution in [0.4, 0.5) is 0 Å². The van der Waals surface area contributed by atoms with Crippen LogP contribution in [0, 0.1) is 17.8 Å². The number of rotatable bonds is 0. The highest BCUT2D eigenvalue weighted by molar-refractivity contribution is 6.02. The van der Waals surface area contributed by atoms with Crippen molar-refractivity contribution in [3.8, 4) is 0 Å². The van der Waals surface area contributed by atoms with Gasteiger partial charge in [0.1, 0.15) is 23.6 Å². The van der Waals surface area contributed by atoms with Crippen molar-refractivity contribution in [2.45, 2.75) is 37.3 Å². The highest BCUT2D eigenvalue weighted by atomic mass is 16.4. The molecule has 3 aliphatic rings. The fraction of sp³-hybridized carbons (Fsp3) is 0.529. The van der Waals surface area contributed by atoms with Gasteiger partial charge in [-0.15, -0.1) is 0 Å². The van der Waals surface area contributed by atoms with E-state index in [1.54, 1.807) is 25.2 Å². The second kappa shape index (κ2) is 4.95. The van der Waals surface area contributed by atoms with E-state index in [0.717, 1.165) is 13.0 Å². The molecule has 0 spiro atoms. The van der Waals surface area contributed by atoms with Gasteiger partial charge in [-0.3, -0.25) is 9.59 Å². The number of carbonyl (C=O) groups is 2. The molecule has 0 aromatic carbocycles. The summed E-state index contributed by atoms with van der Waals surface area (Å²) < 4.78 is 0. The Hall–Kier alpha value is -1.60. The van der Waals surface area contributed by atoms with E-state index in [-0.39, 0.29) is 17.3 Å². The summed E-state index contributed by atoms with van der Waals surface area (Å²) in [6, 6.07) is 0. The molecule has 4 N–H and O–H groups in total. The minimum Gasteiger partial charge on any atom is -0.389 e. The van der Waals surface area contributed by atoms with Crippen LogP contribution < -0.4 is 0 Å². The van der Waals surface area contributed by atoms with E-state index in [1.807, 2.05) is 0 Å². The predicted molar refractivity (Wildman–Crippen MR) is 80.1 cm³/mol. The van der Waals surface area contributed by atoms with Crippen molar-refractivity contribution in [1.82, 2.24) is 0 Å². The lowest BCUT2D eigenvalue weighted by Gasteiger charge is -2.53. The van der Waals surface area contributed by atoms with Crippen LogP contribution in [0.1, 0.15) is 13.8 Å². The van der Waals surface area contributed by atoms with Crippen LogP contribution in [-0.2, 0) is 9.59 Å². The van der Waals surface area contributed by atoms with Gasteiger partial charge in [-0.05, 0) is 24.5 Å². The van der Waals surface area contributed by atoms with Crippen LogP contribution >= 0.6 is 0 Å². The molecule has 0 heterocycles. The summed E-state index contributed by atoms with van der Waals surface area (Å²) in [5, 5.41) is 42.3. The number of aliphatic hydroxyl groups is 4. The Morgan fingerprint density at radius 3 is 2.35 bits per heavy atom. The Morgan fingerprint density at radius 1 is 1.09 bits per heavy atom. The van der Waals surface area contributed by atoms with Gasteiger partial charge < -0.3 is 20.4 Å². The summed E-state index contributed by atoms with van der Waals surface area (Å²) in [5.74, 6) is -3.30. The topological polar surface area (TPSA) is 115 Å². The van der Waals surface area contributed by atoms with Crippen LogP contribution in [0.2, 0.25) is 0 Å².